The zero-order chi connectivity index (χ0) is 6.81. The summed E-state index contributed by atoms with van der Waals surface area (Å²) >= 11 is 0. The van der Waals surface area contributed by atoms with Gasteiger partial charge in [-0.3, -0.25) is 5.32 Å². The second kappa shape index (κ2) is 2.41. The molecule has 0 saturated carbocycles. The second-order valence-electron chi connectivity index (χ2n) is 2.12. The SMILES string of the molecule is C1=NN(N2CNCN2)CN1. The van der Waals surface area contributed by atoms with Gasteiger partial charge in [-0.25, -0.2) is 5.43 Å². The van der Waals surface area contributed by atoms with Gasteiger partial charge in [0.15, 0.2) is 0 Å². The number of hydrogen-bond acceptors (Lipinski definition) is 6. The molecule has 56 valence electrons. The molecule has 0 unspecified atom stereocenters. The molecular weight excluding hydrogens is 132 g/mol. The molecular formula is C4H10N6. The monoisotopic (exact) mass is 142 g/mol. The highest BCUT2D eigenvalue weighted by molar-refractivity contribution is 5.55. The normalized spacial score (nSPS) is 25.8. The molecule has 0 aliphatic carbocycles. The molecule has 0 aromatic heterocycles. The van der Waals surface area contributed by atoms with Crippen LogP contribution in [0.4, 0.5) is 0 Å². The molecule has 2 aliphatic heterocycles. The third-order valence-electron chi connectivity index (χ3n) is 1.44. The lowest BCUT2D eigenvalue weighted by molar-refractivity contribution is -0.0369. The Morgan fingerprint density at radius 1 is 1.40 bits per heavy atom. The van der Waals surface area contributed by atoms with Crippen molar-refractivity contribution in [2.24, 2.45) is 5.10 Å². The standard InChI is InChI=1S/C4H10N6/c1-5-3-9(7-1)10-4-6-2-8-10/h1,6,8H,2-4H2,(H,5,7). The van der Waals surface area contributed by atoms with E-state index < -0.39 is 0 Å². The van der Waals surface area contributed by atoms with Crippen molar-refractivity contribution in [3.63, 3.8) is 0 Å². The number of hydrazone groups is 1. The zero-order valence-electron chi connectivity index (χ0n) is 5.54. The maximum atomic E-state index is 4.04. The predicted molar refractivity (Wildman–Crippen MR) is 36.2 cm³/mol. The number of nitrogens with one attached hydrogen (secondary N) is 3. The van der Waals surface area contributed by atoms with E-state index in [0.717, 1.165) is 20.0 Å². The van der Waals surface area contributed by atoms with Gasteiger partial charge in [-0.05, 0) is 0 Å². The third-order valence-corrected chi connectivity index (χ3v) is 1.44. The van der Waals surface area contributed by atoms with Crippen LogP contribution in [0.15, 0.2) is 5.10 Å². The molecule has 6 nitrogen and oxygen atoms in total. The van der Waals surface area contributed by atoms with Crippen LogP contribution in [0, 0.1) is 0 Å². The summed E-state index contributed by atoms with van der Waals surface area (Å²) in [5.41, 5.74) is 3.09. The maximum absolute atomic E-state index is 4.04. The number of nitrogens with zero attached hydrogens (tertiary/aromatic N) is 3. The average Bonchev–Trinajstić information content (AvgIpc) is 2.59. The first kappa shape index (κ1) is 5.90. The molecule has 0 aromatic carbocycles. The van der Waals surface area contributed by atoms with Crippen LogP contribution in [0.2, 0.25) is 0 Å². The lowest BCUT2D eigenvalue weighted by Crippen LogP contribution is -2.44. The number of hydrazine groups is 2. The van der Waals surface area contributed by atoms with Crippen molar-refractivity contribution in [1.29, 1.82) is 0 Å². The lowest BCUT2D eigenvalue weighted by Gasteiger charge is -2.22. The highest BCUT2D eigenvalue weighted by Crippen LogP contribution is 1.97. The Balaban J connectivity index is 1.91. The van der Waals surface area contributed by atoms with Gasteiger partial charge in [0, 0.05) is 0 Å². The first-order chi connectivity index (χ1) is 4.97. The highest BCUT2D eigenvalue weighted by Gasteiger charge is 2.18. The molecule has 2 rings (SSSR count). The molecule has 0 radical (unpaired) electrons. The van der Waals surface area contributed by atoms with Crippen molar-refractivity contribution < 1.29 is 0 Å². The lowest BCUT2D eigenvalue weighted by atomic mass is 11.0. The van der Waals surface area contributed by atoms with Crippen LogP contribution in [0.1, 0.15) is 0 Å². The van der Waals surface area contributed by atoms with Gasteiger partial charge in [-0.1, -0.05) is 0 Å². The average molecular weight is 142 g/mol. The summed E-state index contributed by atoms with van der Waals surface area (Å²) in [6.07, 6.45) is 1.68. The first-order valence-electron chi connectivity index (χ1n) is 3.22. The van der Waals surface area contributed by atoms with E-state index in [-0.39, 0.29) is 0 Å². The Morgan fingerprint density at radius 2 is 2.40 bits per heavy atom. The van der Waals surface area contributed by atoms with E-state index in [9.17, 15) is 0 Å². The van der Waals surface area contributed by atoms with Crippen molar-refractivity contribution in [1.82, 2.24) is 26.3 Å². The molecule has 2 heterocycles. The first-order valence-corrected chi connectivity index (χ1v) is 3.22. The van der Waals surface area contributed by atoms with Gasteiger partial charge in [0.05, 0.1) is 13.3 Å². The number of hydrogen-bond donors (Lipinski definition) is 3. The van der Waals surface area contributed by atoms with Crippen LogP contribution < -0.4 is 16.1 Å². The van der Waals surface area contributed by atoms with Crippen molar-refractivity contribution in [2.75, 3.05) is 20.0 Å². The van der Waals surface area contributed by atoms with Gasteiger partial charge >= 0.3 is 0 Å². The topological polar surface area (TPSA) is 54.9 Å². The van der Waals surface area contributed by atoms with Crippen LogP contribution in [0.25, 0.3) is 0 Å². The molecule has 1 fully saturated rings. The Labute approximate surface area is 58.8 Å². The Bertz CT molecular complexity index is 139. The fraction of sp³-hybridized carbons (Fsp3) is 0.750. The molecule has 3 N–H and O–H groups in total. The molecule has 0 aromatic rings. The highest BCUT2D eigenvalue weighted by atomic mass is 15.9. The van der Waals surface area contributed by atoms with Crippen molar-refractivity contribution >= 4 is 6.34 Å². The second-order valence-corrected chi connectivity index (χ2v) is 2.12. The molecule has 0 spiro atoms. The summed E-state index contributed by atoms with van der Waals surface area (Å²) in [5, 5.41) is 13.9. The van der Waals surface area contributed by atoms with Gasteiger partial charge in [0.1, 0.15) is 13.0 Å². The van der Waals surface area contributed by atoms with Gasteiger partial charge in [0.25, 0.3) is 0 Å². The van der Waals surface area contributed by atoms with Crippen molar-refractivity contribution in [3.8, 4) is 0 Å². The van der Waals surface area contributed by atoms with Gasteiger partial charge < -0.3 is 5.32 Å². The van der Waals surface area contributed by atoms with Crippen LogP contribution >= 0.6 is 0 Å². The number of rotatable bonds is 1. The molecule has 1 saturated heterocycles. The Morgan fingerprint density at radius 3 is 3.00 bits per heavy atom. The van der Waals surface area contributed by atoms with E-state index in [1.165, 1.54) is 0 Å². The predicted octanol–water partition coefficient (Wildman–Crippen LogP) is -1.97. The Hall–Kier alpha value is -0.850. The quantitative estimate of drug-likeness (QED) is 0.396. The largest absolute Gasteiger partial charge is 0.355 e. The van der Waals surface area contributed by atoms with E-state index in [2.05, 4.69) is 21.2 Å². The van der Waals surface area contributed by atoms with Crippen molar-refractivity contribution in [2.45, 2.75) is 0 Å². The van der Waals surface area contributed by atoms with Crippen LogP contribution in [-0.2, 0) is 0 Å². The van der Waals surface area contributed by atoms with Gasteiger partial charge in [-0.2, -0.15) is 5.12 Å². The van der Waals surface area contributed by atoms with E-state index in [1.807, 2.05) is 10.2 Å². The summed E-state index contributed by atoms with van der Waals surface area (Å²) < 4.78 is 0. The zero-order valence-corrected chi connectivity index (χ0v) is 5.54. The minimum atomic E-state index is 0.745. The summed E-state index contributed by atoms with van der Waals surface area (Å²) in [6.45, 7) is 2.36. The molecule has 0 atom stereocenters. The van der Waals surface area contributed by atoms with Gasteiger partial charge in [0.2, 0.25) is 0 Å². The summed E-state index contributed by atoms with van der Waals surface area (Å²) in [7, 11) is 0. The fourth-order valence-corrected chi connectivity index (χ4v) is 0.947. The molecule has 6 heteroatoms. The smallest absolute Gasteiger partial charge is 0.124 e. The van der Waals surface area contributed by atoms with Gasteiger partial charge in [-0.15, -0.1) is 10.2 Å². The van der Waals surface area contributed by atoms with E-state index >= 15 is 0 Å². The minimum absolute atomic E-state index is 0.745. The molecule has 0 amide bonds. The molecule has 2 aliphatic rings. The maximum Gasteiger partial charge on any atom is 0.124 e. The summed E-state index contributed by atoms with van der Waals surface area (Å²) in [6, 6.07) is 0. The van der Waals surface area contributed by atoms with Crippen LogP contribution in [0.5, 0.6) is 0 Å². The van der Waals surface area contributed by atoms with Crippen LogP contribution in [-0.4, -0.2) is 36.6 Å². The van der Waals surface area contributed by atoms with E-state index in [0.29, 0.717) is 0 Å². The molecule has 0 bridgehead atoms. The third kappa shape index (κ3) is 0.919. The minimum Gasteiger partial charge on any atom is -0.355 e. The Kier molecular flexibility index (Phi) is 1.42. The summed E-state index contributed by atoms with van der Waals surface area (Å²) in [4.78, 5) is 0. The molecule has 10 heavy (non-hydrogen) atoms. The van der Waals surface area contributed by atoms with Crippen molar-refractivity contribution in [3.05, 3.63) is 0 Å². The van der Waals surface area contributed by atoms with Crippen LogP contribution in [0.3, 0.4) is 0 Å². The van der Waals surface area contributed by atoms with E-state index in [4.69, 9.17) is 0 Å². The summed E-state index contributed by atoms with van der Waals surface area (Å²) in [5.74, 6) is 0. The van der Waals surface area contributed by atoms with E-state index in [1.54, 1.807) is 6.34 Å². The fourth-order valence-electron chi connectivity index (χ4n) is 0.947.